The summed E-state index contributed by atoms with van der Waals surface area (Å²) in [6.45, 7) is 0. The zero-order valence-corrected chi connectivity index (χ0v) is 4.74. The monoisotopic (exact) mass is 172 g/mol. The van der Waals surface area contributed by atoms with Gasteiger partial charge in [-0.1, -0.05) is 0 Å². The van der Waals surface area contributed by atoms with Gasteiger partial charge in [-0.15, -0.1) is 0 Å². The second kappa shape index (κ2) is 2.69. The van der Waals surface area contributed by atoms with E-state index in [4.69, 9.17) is 0 Å². The summed E-state index contributed by atoms with van der Waals surface area (Å²) in [7, 11) is 0. The van der Waals surface area contributed by atoms with Crippen LogP contribution in [-0.2, 0) is 0 Å². The van der Waals surface area contributed by atoms with E-state index in [1.54, 1.807) is 0 Å². The van der Waals surface area contributed by atoms with Crippen molar-refractivity contribution in [2.45, 2.75) is 0 Å². The van der Waals surface area contributed by atoms with E-state index in [9.17, 15) is 17.8 Å². The minimum absolute atomic E-state index is 1.34. The van der Waals surface area contributed by atoms with Gasteiger partial charge in [0.25, 0.3) is 5.75 Å². The molecule has 0 amide bonds. The Kier molecular flexibility index (Phi) is 1.88. The lowest BCUT2D eigenvalue weighted by Gasteiger charge is -1.86. The zero-order valence-electron chi connectivity index (χ0n) is 4.74. The number of rotatable bonds is 2. The van der Waals surface area contributed by atoms with Crippen LogP contribution in [0.15, 0.2) is 4.42 Å². The molecule has 1 rings (SSSR count). The molecule has 0 unspecified atom stereocenters. The van der Waals surface area contributed by atoms with Crippen LogP contribution in [0.2, 0.25) is 0 Å². The second-order valence-electron chi connectivity index (χ2n) is 1.46. The van der Waals surface area contributed by atoms with Crippen molar-refractivity contribution in [2.75, 3.05) is 0 Å². The van der Waals surface area contributed by atoms with E-state index in [-0.39, 0.29) is 0 Å². The Labute approximate surface area is 56.9 Å². The van der Waals surface area contributed by atoms with E-state index in [0.29, 0.717) is 0 Å². The molecule has 0 aliphatic rings. The lowest BCUT2D eigenvalue weighted by Crippen LogP contribution is -1.81. The van der Waals surface area contributed by atoms with Crippen molar-refractivity contribution >= 4 is 0 Å². The third-order valence-corrected chi connectivity index (χ3v) is 0.887. The SMILES string of the molecule is FOc1oc(F)c(F)c1OF. The summed E-state index contributed by atoms with van der Waals surface area (Å²) >= 11 is 0. The van der Waals surface area contributed by atoms with Gasteiger partial charge in [0.1, 0.15) is 0 Å². The van der Waals surface area contributed by atoms with E-state index in [0.717, 1.165) is 0 Å². The molecule has 0 bridgehead atoms. The van der Waals surface area contributed by atoms with E-state index in [1.807, 2.05) is 0 Å². The summed E-state index contributed by atoms with van der Waals surface area (Å²) in [4.78, 5) is 5.44. The quantitative estimate of drug-likeness (QED) is 0.640. The Balaban J connectivity index is 3.15. The Bertz CT molecular complexity index is 258. The first-order valence-electron chi connectivity index (χ1n) is 2.25. The molecule has 0 atom stereocenters. The summed E-state index contributed by atoms with van der Waals surface area (Å²) in [6.07, 6.45) is 0. The summed E-state index contributed by atoms with van der Waals surface area (Å²) in [5.74, 6) is -4.53. The Hall–Kier alpha value is -1.40. The lowest BCUT2D eigenvalue weighted by molar-refractivity contribution is -0.0590. The van der Waals surface area contributed by atoms with Gasteiger partial charge in [0.05, 0.1) is 0 Å². The van der Waals surface area contributed by atoms with Crippen molar-refractivity contribution < 1.29 is 32.1 Å². The fourth-order valence-corrected chi connectivity index (χ4v) is 0.468. The third-order valence-electron chi connectivity index (χ3n) is 0.887. The summed E-state index contributed by atoms with van der Waals surface area (Å²) in [5.41, 5.74) is 0. The number of hydrogen-bond donors (Lipinski definition) is 0. The lowest BCUT2D eigenvalue weighted by atomic mass is 10.5. The molecule has 0 aliphatic heterocycles. The van der Waals surface area contributed by atoms with Crippen LogP contribution in [0.4, 0.5) is 17.8 Å². The highest BCUT2D eigenvalue weighted by Crippen LogP contribution is 2.35. The van der Waals surface area contributed by atoms with E-state index in [2.05, 4.69) is 14.3 Å². The van der Waals surface area contributed by atoms with Crippen molar-refractivity contribution in [3.8, 4) is 11.7 Å². The predicted octanol–water partition coefficient (Wildman–Crippen LogP) is 2.08. The topological polar surface area (TPSA) is 31.6 Å². The normalized spacial score (nSPS) is 9.82. The highest BCUT2D eigenvalue weighted by atomic mass is 19.3. The predicted molar refractivity (Wildman–Crippen MR) is 22.1 cm³/mol. The molecular weight excluding hydrogens is 172 g/mol. The average Bonchev–Trinajstić information content (AvgIpc) is 2.28. The van der Waals surface area contributed by atoms with Crippen LogP contribution in [0.1, 0.15) is 0 Å². The molecule has 0 spiro atoms. The van der Waals surface area contributed by atoms with Gasteiger partial charge < -0.3 is 4.42 Å². The largest absolute Gasteiger partial charge is 0.391 e. The van der Waals surface area contributed by atoms with E-state index in [1.165, 1.54) is 0 Å². The summed E-state index contributed by atoms with van der Waals surface area (Å²) in [5, 5.41) is 0. The Morgan fingerprint density at radius 1 is 1.09 bits per heavy atom. The standard InChI is InChI=1S/C4F4O3/c5-1-2(10-7)4(11-8)9-3(1)6. The van der Waals surface area contributed by atoms with Crippen molar-refractivity contribution in [3.05, 3.63) is 11.8 Å². The summed E-state index contributed by atoms with van der Waals surface area (Å²) in [6, 6.07) is -1.81. The molecule has 62 valence electrons. The van der Waals surface area contributed by atoms with Gasteiger partial charge in [0, 0.05) is 9.05 Å². The molecule has 0 aliphatic carbocycles. The van der Waals surface area contributed by atoms with E-state index < -0.39 is 23.5 Å². The first kappa shape index (κ1) is 7.70. The molecular formula is C4F4O3. The van der Waals surface area contributed by atoms with Crippen molar-refractivity contribution in [1.29, 1.82) is 0 Å². The second-order valence-corrected chi connectivity index (χ2v) is 1.46. The molecule has 0 aromatic carbocycles. The van der Waals surface area contributed by atoms with Gasteiger partial charge in [-0.25, -0.2) is 4.94 Å². The molecule has 3 nitrogen and oxygen atoms in total. The van der Waals surface area contributed by atoms with E-state index >= 15 is 0 Å². The first-order chi connectivity index (χ1) is 5.20. The van der Waals surface area contributed by atoms with Crippen LogP contribution in [0.3, 0.4) is 0 Å². The van der Waals surface area contributed by atoms with Crippen molar-refractivity contribution in [3.63, 3.8) is 0 Å². The summed E-state index contributed by atoms with van der Waals surface area (Å²) < 4.78 is 50.1. The molecule has 1 heterocycles. The fraction of sp³-hybridized carbons (Fsp3) is 0. The smallest absolute Gasteiger partial charge is 0.381 e. The van der Waals surface area contributed by atoms with Gasteiger partial charge in [0.15, 0.2) is 0 Å². The van der Waals surface area contributed by atoms with Crippen LogP contribution < -0.4 is 9.88 Å². The Morgan fingerprint density at radius 3 is 2.09 bits per heavy atom. The molecule has 1 aromatic heterocycles. The zero-order chi connectivity index (χ0) is 8.43. The number of furan rings is 1. The minimum atomic E-state index is -1.81. The van der Waals surface area contributed by atoms with Crippen molar-refractivity contribution in [2.24, 2.45) is 0 Å². The van der Waals surface area contributed by atoms with Crippen LogP contribution in [0, 0.1) is 11.8 Å². The Morgan fingerprint density at radius 2 is 1.73 bits per heavy atom. The average molecular weight is 172 g/mol. The molecule has 7 heteroatoms. The van der Waals surface area contributed by atoms with Crippen LogP contribution in [0.5, 0.6) is 11.7 Å². The molecule has 0 saturated heterocycles. The van der Waals surface area contributed by atoms with Gasteiger partial charge in [-0.05, 0) is 0 Å². The number of halogens is 4. The van der Waals surface area contributed by atoms with Gasteiger partial charge in [-0.3, -0.25) is 4.94 Å². The van der Waals surface area contributed by atoms with Crippen molar-refractivity contribution in [1.82, 2.24) is 0 Å². The maximum absolute atomic E-state index is 12.1. The highest BCUT2D eigenvalue weighted by molar-refractivity contribution is 5.31. The molecule has 0 saturated carbocycles. The minimum Gasteiger partial charge on any atom is -0.391 e. The molecule has 0 radical (unpaired) electrons. The fourth-order valence-electron chi connectivity index (χ4n) is 0.468. The molecule has 0 fully saturated rings. The maximum atomic E-state index is 12.1. The van der Waals surface area contributed by atoms with Crippen LogP contribution in [0.25, 0.3) is 0 Å². The number of hydrogen-bond acceptors (Lipinski definition) is 3. The van der Waals surface area contributed by atoms with Crippen LogP contribution >= 0.6 is 0 Å². The van der Waals surface area contributed by atoms with Gasteiger partial charge in [-0.2, -0.15) is 8.78 Å². The van der Waals surface area contributed by atoms with Gasteiger partial charge >= 0.3 is 12.0 Å². The maximum Gasteiger partial charge on any atom is 0.381 e. The molecule has 0 N–H and O–H groups in total. The molecule has 11 heavy (non-hydrogen) atoms. The first-order valence-corrected chi connectivity index (χ1v) is 2.25. The van der Waals surface area contributed by atoms with Crippen LogP contribution in [-0.4, -0.2) is 0 Å². The third kappa shape index (κ3) is 1.08. The van der Waals surface area contributed by atoms with Gasteiger partial charge in [0.2, 0.25) is 5.82 Å². The molecule has 1 aromatic rings. The highest BCUT2D eigenvalue weighted by Gasteiger charge is 2.25.